The summed E-state index contributed by atoms with van der Waals surface area (Å²) in [5.74, 6) is -0.578. The highest BCUT2D eigenvalue weighted by Gasteiger charge is 2.19. The molecule has 0 atom stereocenters. The Labute approximate surface area is 99.6 Å². The van der Waals surface area contributed by atoms with E-state index >= 15 is 0 Å². The molecular weight excluding hydrogens is 257 g/mol. The number of pyridine rings is 1. The van der Waals surface area contributed by atoms with Crippen molar-refractivity contribution in [3.8, 4) is 0 Å². The molecule has 0 spiro atoms. The van der Waals surface area contributed by atoms with Crippen molar-refractivity contribution in [2.24, 2.45) is 0 Å². The molecule has 0 aliphatic heterocycles. The van der Waals surface area contributed by atoms with Crippen LogP contribution in [0.2, 0.25) is 10.2 Å². The first kappa shape index (κ1) is 10.7. The zero-order valence-electron chi connectivity index (χ0n) is 7.58. The van der Waals surface area contributed by atoms with Crippen molar-refractivity contribution in [2.75, 3.05) is 7.11 Å². The van der Waals surface area contributed by atoms with Gasteiger partial charge in [0.2, 0.25) is 0 Å². The summed E-state index contributed by atoms with van der Waals surface area (Å²) in [6.07, 6.45) is 0. The monoisotopic (exact) mass is 261 g/mol. The molecule has 0 unspecified atom stereocenters. The Morgan fingerprint density at radius 1 is 1.53 bits per heavy atom. The predicted octanol–water partition coefficient (Wildman–Crippen LogP) is 3.39. The van der Waals surface area contributed by atoms with Gasteiger partial charge >= 0.3 is 5.97 Å². The molecule has 0 bridgehead atoms. The predicted molar refractivity (Wildman–Crippen MR) is 61.0 cm³/mol. The van der Waals surface area contributed by atoms with Gasteiger partial charge in [0.15, 0.2) is 0 Å². The van der Waals surface area contributed by atoms with E-state index in [2.05, 4.69) is 9.72 Å². The Bertz CT molecular complexity index is 538. The van der Waals surface area contributed by atoms with E-state index in [1.807, 2.05) is 5.38 Å². The van der Waals surface area contributed by atoms with Crippen LogP contribution in [0.5, 0.6) is 0 Å². The molecule has 0 aromatic carbocycles. The number of carbonyl (C=O) groups is 1. The van der Waals surface area contributed by atoms with Crippen molar-refractivity contribution in [1.82, 2.24) is 4.98 Å². The average Bonchev–Trinajstić information content (AvgIpc) is 2.65. The SMILES string of the molecule is COC(=O)c1c(Cl)nc2sccc2c1Cl. The van der Waals surface area contributed by atoms with Gasteiger partial charge < -0.3 is 4.74 Å². The van der Waals surface area contributed by atoms with Gasteiger partial charge in [-0.05, 0) is 11.4 Å². The van der Waals surface area contributed by atoms with Crippen LogP contribution in [-0.2, 0) is 4.74 Å². The zero-order chi connectivity index (χ0) is 11.0. The highest BCUT2D eigenvalue weighted by molar-refractivity contribution is 7.16. The van der Waals surface area contributed by atoms with Gasteiger partial charge in [-0.25, -0.2) is 9.78 Å². The van der Waals surface area contributed by atoms with Crippen LogP contribution in [0.15, 0.2) is 11.4 Å². The lowest BCUT2D eigenvalue weighted by Gasteiger charge is -2.04. The van der Waals surface area contributed by atoms with E-state index < -0.39 is 5.97 Å². The minimum Gasteiger partial charge on any atom is -0.465 e. The molecular formula is C9H5Cl2NO2S. The number of rotatable bonds is 1. The molecule has 0 radical (unpaired) electrons. The number of halogens is 2. The quantitative estimate of drug-likeness (QED) is 0.584. The number of esters is 1. The summed E-state index contributed by atoms with van der Waals surface area (Å²) in [4.78, 5) is 16.2. The van der Waals surface area contributed by atoms with Crippen molar-refractivity contribution < 1.29 is 9.53 Å². The number of aromatic nitrogens is 1. The Balaban J connectivity index is 2.78. The third-order valence-electron chi connectivity index (χ3n) is 1.90. The van der Waals surface area contributed by atoms with Crippen molar-refractivity contribution in [3.05, 3.63) is 27.2 Å². The van der Waals surface area contributed by atoms with E-state index in [1.165, 1.54) is 18.4 Å². The molecule has 2 aromatic rings. The normalized spacial score (nSPS) is 10.6. The minimum absolute atomic E-state index is 0.0711. The van der Waals surface area contributed by atoms with Crippen LogP contribution in [0.3, 0.4) is 0 Å². The molecule has 78 valence electrons. The van der Waals surface area contributed by atoms with E-state index in [0.717, 1.165) is 0 Å². The molecule has 0 saturated heterocycles. The summed E-state index contributed by atoms with van der Waals surface area (Å²) in [6, 6.07) is 1.79. The van der Waals surface area contributed by atoms with Crippen LogP contribution >= 0.6 is 34.5 Å². The zero-order valence-corrected chi connectivity index (χ0v) is 9.91. The van der Waals surface area contributed by atoms with Gasteiger partial charge in [-0.3, -0.25) is 0 Å². The number of thiophene rings is 1. The molecule has 0 saturated carbocycles. The molecule has 2 heterocycles. The Morgan fingerprint density at radius 2 is 2.27 bits per heavy atom. The molecule has 2 aromatic heterocycles. The summed E-state index contributed by atoms with van der Waals surface area (Å²) in [5.41, 5.74) is 0.117. The molecule has 0 aliphatic rings. The summed E-state index contributed by atoms with van der Waals surface area (Å²) in [7, 11) is 1.27. The number of fused-ring (bicyclic) bond motifs is 1. The Hall–Kier alpha value is -0.840. The smallest absolute Gasteiger partial charge is 0.342 e. The van der Waals surface area contributed by atoms with Crippen LogP contribution in [-0.4, -0.2) is 18.1 Å². The molecule has 0 amide bonds. The number of hydrogen-bond acceptors (Lipinski definition) is 4. The van der Waals surface area contributed by atoms with Gasteiger partial charge in [-0.15, -0.1) is 11.3 Å². The summed E-state index contributed by atoms with van der Waals surface area (Å²) >= 11 is 13.3. The van der Waals surface area contributed by atoms with Crippen LogP contribution in [0.4, 0.5) is 0 Å². The van der Waals surface area contributed by atoms with Gasteiger partial charge in [0.25, 0.3) is 0 Å². The van der Waals surface area contributed by atoms with Crippen LogP contribution in [0, 0.1) is 0 Å². The third kappa shape index (κ3) is 1.69. The summed E-state index contributed by atoms with van der Waals surface area (Å²) in [5, 5.41) is 2.91. The van der Waals surface area contributed by atoms with E-state index in [1.54, 1.807) is 6.07 Å². The van der Waals surface area contributed by atoms with Crippen molar-refractivity contribution in [1.29, 1.82) is 0 Å². The fourth-order valence-electron chi connectivity index (χ4n) is 1.20. The lowest BCUT2D eigenvalue weighted by Crippen LogP contribution is -2.04. The minimum atomic E-state index is -0.578. The van der Waals surface area contributed by atoms with Crippen molar-refractivity contribution >= 4 is 50.7 Å². The summed E-state index contributed by atoms with van der Waals surface area (Å²) in [6.45, 7) is 0. The number of nitrogens with zero attached hydrogens (tertiary/aromatic N) is 1. The van der Waals surface area contributed by atoms with Gasteiger partial charge in [0.1, 0.15) is 15.5 Å². The molecule has 15 heavy (non-hydrogen) atoms. The second kappa shape index (κ2) is 3.96. The number of ether oxygens (including phenoxy) is 1. The highest BCUT2D eigenvalue weighted by atomic mass is 35.5. The number of methoxy groups -OCH3 is 1. The molecule has 0 aliphatic carbocycles. The van der Waals surface area contributed by atoms with E-state index in [9.17, 15) is 4.79 Å². The molecule has 0 N–H and O–H groups in total. The second-order valence-electron chi connectivity index (χ2n) is 2.72. The third-order valence-corrected chi connectivity index (χ3v) is 3.37. The first-order chi connectivity index (χ1) is 7.15. The van der Waals surface area contributed by atoms with E-state index in [0.29, 0.717) is 10.2 Å². The lowest BCUT2D eigenvalue weighted by molar-refractivity contribution is 0.0601. The second-order valence-corrected chi connectivity index (χ2v) is 4.35. The fraction of sp³-hybridized carbons (Fsp3) is 0.111. The maximum absolute atomic E-state index is 11.4. The van der Waals surface area contributed by atoms with Gasteiger partial charge in [0, 0.05) is 5.39 Å². The van der Waals surface area contributed by atoms with Gasteiger partial charge in [-0.2, -0.15) is 0 Å². The largest absolute Gasteiger partial charge is 0.465 e. The first-order valence-electron chi connectivity index (χ1n) is 3.95. The van der Waals surface area contributed by atoms with Crippen LogP contribution in [0.25, 0.3) is 10.2 Å². The van der Waals surface area contributed by atoms with Gasteiger partial charge in [0.05, 0.1) is 12.1 Å². The van der Waals surface area contributed by atoms with Crippen LogP contribution < -0.4 is 0 Å². The topological polar surface area (TPSA) is 39.2 Å². The molecule has 0 fully saturated rings. The highest BCUT2D eigenvalue weighted by Crippen LogP contribution is 2.33. The fourth-order valence-corrected chi connectivity index (χ4v) is 2.70. The van der Waals surface area contributed by atoms with Crippen molar-refractivity contribution in [2.45, 2.75) is 0 Å². The van der Waals surface area contributed by atoms with Gasteiger partial charge in [-0.1, -0.05) is 23.2 Å². The number of carbonyl (C=O) groups excluding carboxylic acids is 1. The standard InChI is InChI=1S/C9H5Cl2NO2S/c1-14-9(13)5-6(10)4-2-3-15-8(4)12-7(5)11/h2-3H,1H3. The molecule has 6 heteroatoms. The molecule has 3 nitrogen and oxygen atoms in total. The summed E-state index contributed by atoms with van der Waals surface area (Å²) < 4.78 is 4.58. The molecule has 2 rings (SSSR count). The Kier molecular flexibility index (Phi) is 2.82. The van der Waals surface area contributed by atoms with Crippen LogP contribution in [0.1, 0.15) is 10.4 Å². The van der Waals surface area contributed by atoms with E-state index in [4.69, 9.17) is 23.2 Å². The van der Waals surface area contributed by atoms with Crippen molar-refractivity contribution in [3.63, 3.8) is 0 Å². The Morgan fingerprint density at radius 3 is 2.93 bits per heavy atom. The number of hydrogen-bond donors (Lipinski definition) is 0. The lowest BCUT2D eigenvalue weighted by atomic mass is 10.2. The average molecular weight is 262 g/mol. The maximum Gasteiger partial charge on any atom is 0.342 e. The first-order valence-corrected chi connectivity index (χ1v) is 5.59. The maximum atomic E-state index is 11.4. The van der Waals surface area contributed by atoms with E-state index in [-0.39, 0.29) is 15.7 Å².